The first kappa shape index (κ1) is 14.3. The predicted octanol–water partition coefficient (Wildman–Crippen LogP) is 1.72. The highest BCUT2D eigenvalue weighted by Gasteiger charge is 2.19. The van der Waals surface area contributed by atoms with Gasteiger partial charge in [-0.25, -0.2) is 5.48 Å². The number of amides is 1. The number of nitrogens with one attached hydrogen (secondary N) is 1. The van der Waals surface area contributed by atoms with E-state index in [0.29, 0.717) is 5.56 Å². The van der Waals surface area contributed by atoms with E-state index in [1.807, 2.05) is 22.8 Å². The highest BCUT2D eigenvalue weighted by Crippen LogP contribution is 2.17. The quantitative estimate of drug-likeness (QED) is 0.488. The number of rotatable bonds is 5. The molecule has 2 heterocycles. The van der Waals surface area contributed by atoms with Gasteiger partial charge in [-0.1, -0.05) is 31.4 Å². The van der Waals surface area contributed by atoms with Gasteiger partial charge in [0.25, 0.3) is 5.91 Å². The molecule has 1 amide bonds. The molecule has 2 N–H and O–H groups in total. The largest absolute Gasteiger partial charge is 0.348 e. The van der Waals surface area contributed by atoms with E-state index < -0.39 is 5.91 Å². The zero-order chi connectivity index (χ0) is 14.5. The number of hydroxylamine groups is 1. The Morgan fingerprint density at radius 3 is 2.90 bits per heavy atom. The number of allylic oxidation sites excluding steroid dienone is 2. The van der Waals surface area contributed by atoms with Gasteiger partial charge >= 0.3 is 0 Å². The Morgan fingerprint density at radius 2 is 2.25 bits per heavy atom. The highest BCUT2D eigenvalue weighted by molar-refractivity contribution is 5.93. The van der Waals surface area contributed by atoms with E-state index >= 15 is 0 Å². The smallest absolute Gasteiger partial charge is 0.276 e. The van der Waals surface area contributed by atoms with E-state index in [1.165, 1.54) is 0 Å². The minimum Gasteiger partial charge on any atom is -0.348 e. The summed E-state index contributed by atoms with van der Waals surface area (Å²) in [6.07, 6.45) is 7.31. The van der Waals surface area contributed by atoms with Crippen LogP contribution in [0.25, 0.3) is 0 Å². The molecule has 0 spiro atoms. The Balaban J connectivity index is 2.09. The van der Waals surface area contributed by atoms with Crippen molar-refractivity contribution in [3.63, 3.8) is 0 Å². The van der Waals surface area contributed by atoms with Gasteiger partial charge in [-0.15, -0.1) is 0 Å². The monoisotopic (exact) mass is 273 g/mol. The molecule has 106 valence electrons. The summed E-state index contributed by atoms with van der Waals surface area (Å²) in [5, 5.41) is 8.66. The van der Waals surface area contributed by atoms with Crippen LogP contribution >= 0.6 is 0 Å². The number of fused-ring (bicyclic) bond motifs is 1. The van der Waals surface area contributed by atoms with Crippen LogP contribution in [-0.4, -0.2) is 33.7 Å². The second kappa shape index (κ2) is 6.36. The normalized spacial score (nSPS) is 15.6. The third-order valence-corrected chi connectivity index (χ3v) is 3.39. The first-order chi connectivity index (χ1) is 9.67. The number of carbonyl (C=O) groups excluding carboxylic acids is 1. The van der Waals surface area contributed by atoms with E-state index in [-0.39, 0.29) is 0 Å². The lowest BCUT2D eigenvalue weighted by Gasteiger charge is -2.28. The average molecular weight is 273 g/mol. The fraction of sp³-hybridized carbons (Fsp3) is 0.267. The molecule has 0 aliphatic carbocycles. The molecule has 0 unspecified atom stereocenters. The Hall–Kier alpha value is -2.11. The minimum atomic E-state index is -0.475. The van der Waals surface area contributed by atoms with Crippen LogP contribution in [0.3, 0.4) is 0 Å². The van der Waals surface area contributed by atoms with Crippen molar-refractivity contribution in [1.29, 1.82) is 0 Å². The lowest BCUT2D eigenvalue weighted by Crippen LogP contribution is -2.34. The van der Waals surface area contributed by atoms with Gasteiger partial charge in [0.2, 0.25) is 0 Å². The zero-order valence-corrected chi connectivity index (χ0v) is 11.4. The van der Waals surface area contributed by atoms with Gasteiger partial charge in [-0.05, 0) is 11.6 Å². The number of hydrogen-bond acceptors (Lipinski definition) is 3. The summed E-state index contributed by atoms with van der Waals surface area (Å²) < 4.78 is 2.05. The maximum absolute atomic E-state index is 11.4. The number of carbonyl (C=O) groups is 1. The minimum absolute atomic E-state index is 0.475. The third kappa shape index (κ3) is 3.07. The molecule has 0 saturated carbocycles. The Labute approximate surface area is 118 Å². The molecule has 0 aromatic carbocycles. The Kier molecular flexibility index (Phi) is 4.55. The molecule has 5 heteroatoms. The van der Waals surface area contributed by atoms with Crippen molar-refractivity contribution in [2.24, 2.45) is 0 Å². The van der Waals surface area contributed by atoms with Gasteiger partial charge < -0.3 is 4.57 Å². The molecule has 1 aliphatic rings. The number of nitrogens with zero attached hydrogens (tertiary/aromatic N) is 2. The molecule has 1 aromatic heterocycles. The van der Waals surface area contributed by atoms with Crippen LogP contribution in [0.5, 0.6) is 0 Å². The standard InChI is InChI=1S/C15H19N3O2/c1-3-5-12(4-2)9-17-6-7-18-10-13(15(19)16-20)8-14(18)11-17/h3-5,8,10,20H,1-2,6-7,9,11H2,(H,16,19). The van der Waals surface area contributed by atoms with Crippen molar-refractivity contribution in [2.45, 2.75) is 13.1 Å². The fourth-order valence-electron chi connectivity index (χ4n) is 2.37. The topological polar surface area (TPSA) is 57.5 Å². The number of aromatic nitrogens is 1. The van der Waals surface area contributed by atoms with Crippen LogP contribution in [0.1, 0.15) is 16.1 Å². The molecule has 2 rings (SSSR count). The molecule has 0 bridgehead atoms. The average Bonchev–Trinajstić information content (AvgIpc) is 2.89. The van der Waals surface area contributed by atoms with Gasteiger partial charge in [-0.3, -0.25) is 14.9 Å². The molecular formula is C15H19N3O2. The summed E-state index contributed by atoms with van der Waals surface area (Å²) in [7, 11) is 0. The number of hydrogen-bond donors (Lipinski definition) is 2. The SMILES string of the molecule is C=CC=C(C=C)CN1CCn2cc(C(=O)NO)cc2C1. The molecule has 0 atom stereocenters. The lowest BCUT2D eigenvalue weighted by molar-refractivity contribution is 0.0706. The molecule has 0 radical (unpaired) electrons. The summed E-state index contributed by atoms with van der Waals surface area (Å²) in [5.41, 5.74) is 4.33. The van der Waals surface area contributed by atoms with Crippen molar-refractivity contribution in [2.75, 3.05) is 13.1 Å². The van der Waals surface area contributed by atoms with Crippen LogP contribution in [-0.2, 0) is 13.1 Å². The molecule has 20 heavy (non-hydrogen) atoms. The molecule has 1 aliphatic heterocycles. The Bertz CT molecular complexity index is 557. The second-order valence-electron chi connectivity index (χ2n) is 4.75. The molecular weight excluding hydrogens is 254 g/mol. The highest BCUT2D eigenvalue weighted by atomic mass is 16.5. The fourth-order valence-corrected chi connectivity index (χ4v) is 2.37. The summed E-state index contributed by atoms with van der Waals surface area (Å²) in [4.78, 5) is 13.7. The van der Waals surface area contributed by atoms with Crippen molar-refractivity contribution < 1.29 is 10.0 Å². The first-order valence-electron chi connectivity index (χ1n) is 6.47. The maximum atomic E-state index is 11.4. The van der Waals surface area contributed by atoms with Crippen LogP contribution < -0.4 is 5.48 Å². The second-order valence-corrected chi connectivity index (χ2v) is 4.75. The van der Waals surface area contributed by atoms with Gasteiger partial charge in [0.1, 0.15) is 0 Å². The van der Waals surface area contributed by atoms with Gasteiger partial charge in [0, 0.05) is 38.1 Å². The molecule has 0 fully saturated rings. The van der Waals surface area contributed by atoms with Gasteiger partial charge in [-0.2, -0.15) is 0 Å². The van der Waals surface area contributed by atoms with E-state index in [0.717, 1.165) is 37.4 Å². The molecule has 5 nitrogen and oxygen atoms in total. The first-order valence-corrected chi connectivity index (χ1v) is 6.47. The molecule has 0 saturated heterocycles. The summed E-state index contributed by atoms with van der Waals surface area (Å²) in [6, 6.07) is 1.81. The van der Waals surface area contributed by atoms with E-state index in [9.17, 15) is 4.79 Å². The van der Waals surface area contributed by atoms with Crippen molar-refractivity contribution in [3.8, 4) is 0 Å². The van der Waals surface area contributed by atoms with Gasteiger partial charge in [0.15, 0.2) is 0 Å². The summed E-state index contributed by atoms with van der Waals surface area (Å²) >= 11 is 0. The van der Waals surface area contributed by atoms with Crippen LogP contribution in [0.4, 0.5) is 0 Å². The summed E-state index contributed by atoms with van der Waals surface area (Å²) in [6.45, 7) is 10.8. The van der Waals surface area contributed by atoms with E-state index in [2.05, 4.69) is 18.1 Å². The van der Waals surface area contributed by atoms with Crippen LogP contribution in [0.15, 0.2) is 49.2 Å². The van der Waals surface area contributed by atoms with Crippen molar-refractivity contribution in [1.82, 2.24) is 14.9 Å². The lowest BCUT2D eigenvalue weighted by atomic mass is 10.2. The zero-order valence-electron chi connectivity index (χ0n) is 11.4. The third-order valence-electron chi connectivity index (χ3n) is 3.39. The van der Waals surface area contributed by atoms with Crippen molar-refractivity contribution in [3.05, 3.63) is 60.5 Å². The maximum Gasteiger partial charge on any atom is 0.276 e. The van der Waals surface area contributed by atoms with Crippen LogP contribution in [0, 0.1) is 0 Å². The molecule has 1 aromatic rings. The van der Waals surface area contributed by atoms with E-state index in [4.69, 9.17) is 5.21 Å². The van der Waals surface area contributed by atoms with E-state index in [1.54, 1.807) is 17.8 Å². The summed E-state index contributed by atoms with van der Waals surface area (Å²) in [5.74, 6) is -0.475. The van der Waals surface area contributed by atoms with Gasteiger partial charge in [0.05, 0.1) is 5.56 Å². The van der Waals surface area contributed by atoms with Crippen LogP contribution in [0.2, 0.25) is 0 Å². The Morgan fingerprint density at radius 1 is 1.45 bits per heavy atom. The predicted molar refractivity (Wildman–Crippen MR) is 77.4 cm³/mol. The van der Waals surface area contributed by atoms with Crippen molar-refractivity contribution >= 4 is 5.91 Å².